The second kappa shape index (κ2) is 9.70. The summed E-state index contributed by atoms with van der Waals surface area (Å²) in [5.74, 6) is -2.49. The number of benzene rings is 1. The summed E-state index contributed by atoms with van der Waals surface area (Å²) in [7, 11) is 0. The first-order valence-corrected chi connectivity index (χ1v) is 11.8. The van der Waals surface area contributed by atoms with E-state index >= 15 is 0 Å². The van der Waals surface area contributed by atoms with Gasteiger partial charge in [-0.2, -0.15) is 0 Å². The highest BCUT2D eigenvalue weighted by molar-refractivity contribution is 6.07. The number of aliphatic hydroxyl groups excluding tert-OH is 2. The molecule has 1 aromatic rings. The zero-order valence-corrected chi connectivity index (χ0v) is 20.0. The zero-order chi connectivity index (χ0) is 24.7. The minimum absolute atomic E-state index is 0.0610. The Bertz CT molecular complexity index is 896. The second-order valence-corrected chi connectivity index (χ2v) is 9.72. The Hall–Kier alpha value is -2.00. The molecule has 2 aliphatic heterocycles. The first-order valence-electron chi connectivity index (χ1n) is 11.8. The molecule has 0 amide bonds. The highest BCUT2D eigenvalue weighted by Crippen LogP contribution is 2.50. The third-order valence-electron chi connectivity index (χ3n) is 6.81. The average molecular weight is 465 g/mol. The van der Waals surface area contributed by atoms with Crippen LogP contribution in [0.3, 0.4) is 0 Å². The SMILES string of the molecule is CCC[C@@H](C(=O)c1cc(CC(C)C)c(O)c(C(C)=O)c1O)[C@H]1C[C@@H](O)[C@]2(O[C@H]2CC)[C@H](O)O1. The number of hydrogen-bond donors (Lipinski definition) is 4. The Morgan fingerprint density at radius 3 is 2.33 bits per heavy atom. The van der Waals surface area contributed by atoms with E-state index in [1.54, 1.807) is 0 Å². The number of epoxide rings is 1. The van der Waals surface area contributed by atoms with Crippen molar-refractivity contribution in [2.45, 2.75) is 96.9 Å². The lowest BCUT2D eigenvalue weighted by Crippen LogP contribution is -2.55. The van der Waals surface area contributed by atoms with Gasteiger partial charge in [-0.05, 0) is 43.7 Å². The van der Waals surface area contributed by atoms with Crippen molar-refractivity contribution >= 4 is 11.6 Å². The van der Waals surface area contributed by atoms with E-state index in [-0.39, 0.29) is 35.3 Å². The third-order valence-corrected chi connectivity index (χ3v) is 6.81. The van der Waals surface area contributed by atoms with Crippen molar-refractivity contribution in [3.8, 4) is 11.5 Å². The number of carbonyl (C=O) groups is 2. The van der Waals surface area contributed by atoms with Crippen molar-refractivity contribution in [1.29, 1.82) is 0 Å². The van der Waals surface area contributed by atoms with Crippen molar-refractivity contribution in [3.63, 3.8) is 0 Å². The molecule has 6 atom stereocenters. The molecular weight excluding hydrogens is 428 g/mol. The largest absolute Gasteiger partial charge is 0.507 e. The summed E-state index contributed by atoms with van der Waals surface area (Å²) in [4.78, 5) is 25.8. The Morgan fingerprint density at radius 2 is 1.85 bits per heavy atom. The smallest absolute Gasteiger partial charge is 0.189 e. The Morgan fingerprint density at radius 1 is 1.18 bits per heavy atom. The van der Waals surface area contributed by atoms with Crippen LogP contribution in [0, 0.1) is 11.8 Å². The van der Waals surface area contributed by atoms with E-state index in [2.05, 4.69) is 0 Å². The standard InChI is InChI=1S/C25H36O8/c1-6-8-15(17-11-18(27)25(24(31)32-17)19(7-2)33-25)22(29)16-10-14(9-12(3)4)21(28)20(13(5)26)23(16)30/h10,12,15,17-19,24,27-28,30-31H,6-9,11H2,1-5H3/t15-,17-,18-,19+,24-,25-/m1/s1. The highest BCUT2D eigenvalue weighted by Gasteiger charge is 2.68. The molecule has 2 heterocycles. The average Bonchev–Trinajstić information content (AvgIpc) is 3.47. The maximum atomic E-state index is 13.7. The number of phenols is 2. The van der Waals surface area contributed by atoms with Crippen molar-refractivity contribution in [1.82, 2.24) is 0 Å². The Balaban J connectivity index is 1.97. The molecule has 0 aliphatic carbocycles. The van der Waals surface area contributed by atoms with Crippen LogP contribution in [0.1, 0.15) is 86.6 Å². The lowest BCUT2D eigenvalue weighted by molar-refractivity contribution is -0.239. The van der Waals surface area contributed by atoms with E-state index in [0.29, 0.717) is 31.2 Å². The van der Waals surface area contributed by atoms with Crippen molar-refractivity contribution in [2.75, 3.05) is 0 Å². The minimum Gasteiger partial charge on any atom is -0.507 e. The van der Waals surface area contributed by atoms with Crippen molar-refractivity contribution in [2.24, 2.45) is 11.8 Å². The summed E-state index contributed by atoms with van der Waals surface area (Å²) in [6.07, 6.45) is -1.32. The van der Waals surface area contributed by atoms with E-state index < -0.39 is 47.3 Å². The summed E-state index contributed by atoms with van der Waals surface area (Å²) < 4.78 is 11.4. The molecule has 0 aromatic heterocycles. The summed E-state index contributed by atoms with van der Waals surface area (Å²) in [5, 5.41) is 42.7. The number of ether oxygens (including phenoxy) is 2. The fourth-order valence-corrected chi connectivity index (χ4v) is 5.11. The summed E-state index contributed by atoms with van der Waals surface area (Å²) in [5.41, 5.74) is -1.08. The number of aromatic hydroxyl groups is 2. The number of rotatable bonds is 9. The highest BCUT2D eigenvalue weighted by atomic mass is 16.7. The molecule has 0 radical (unpaired) electrons. The predicted molar refractivity (Wildman–Crippen MR) is 120 cm³/mol. The number of phenolic OH excluding ortho intramolecular Hbond substituents is 2. The van der Waals surface area contributed by atoms with Crippen LogP contribution in [0.2, 0.25) is 0 Å². The van der Waals surface area contributed by atoms with Crippen LogP contribution < -0.4 is 0 Å². The molecule has 0 unspecified atom stereocenters. The van der Waals surface area contributed by atoms with Crippen LogP contribution in [0.15, 0.2) is 6.07 Å². The molecule has 0 bridgehead atoms. The number of ketones is 2. The molecule has 4 N–H and O–H groups in total. The molecule has 33 heavy (non-hydrogen) atoms. The van der Waals surface area contributed by atoms with Crippen molar-refractivity contribution < 1.29 is 39.5 Å². The molecular formula is C25H36O8. The van der Waals surface area contributed by atoms with E-state index in [1.165, 1.54) is 13.0 Å². The molecule has 1 aromatic carbocycles. The van der Waals surface area contributed by atoms with E-state index in [9.17, 15) is 30.0 Å². The van der Waals surface area contributed by atoms with Crippen LogP contribution in [-0.2, 0) is 15.9 Å². The summed E-state index contributed by atoms with van der Waals surface area (Å²) in [6.45, 7) is 8.90. The van der Waals surface area contributed by atoms with Gasteiger partial charge in [-0.1, -0.05) is 34.1 Å². The first kappa shape index (κ1) is 25.6. The maximum Gasteiger partial charge on any atom is 0.189 e. The predicted octanol–water partition coefficient (Wildman–Crippen LogP) is 3.11. The van der Waals surface area contributed by atoms with Gasteiger partial charge in [-0.3, -0.25) is 9.59 Å². The van der Waals surface area contributed by atoms with Gasteiger partial charge in [0.15, 0.2) is 23.5 Å². The normalized spacial score (nSPS) is 29.9. The van der Waals surface area contributed by atoms with Crippen LogP contribution in [0.4, 0.5) is 0 Å². The second-order valence-electron chi connectivity index (χ2n) is 9.72. The monoisotopic (exact) mass is 464 g/mol. The van der Waals surface area contributed by atoms with Gasteiger partial charge in [0.05, 0.1) is 23.9 Å². The number of Topliss-reactive ketones (excluding diaryl/α,β-unsaturated/α-hetero) is 2. The Kier molecular flexibility index (Phi) is 7.53. The van der Waals surface area contributed by atoms with Gasteiger partial charge in [0.1, 0.15) is 17.1 Å². The number of aliphatic hydroxyl groups is 2. The summed E-state index contributed by atoms with van der Waals surface area (Å²) in [6, 6.07) is 1.44. The zero-order valence-electron chi connectivity index (χ0n) is 20.0. The van der Waals surface area contributed by atoms with Gasteiger partial charge in [0, 0.05) is 12.3 Å². The molecule has 184 valence electrons. The lowest BCUT2D eigenvalue weighted by Gasteiger charge is -2.39. The molecule has 2 fully saturated rings. The van der Waals surface area contributed by atoms with Crippen molar-refractivity contribution in [3.05, 3.63) is 22.8 Å². The van der Waals surface area contributed by atoms with Crippen LogP contribution in [0.25, 0.3) is 0 Å². The summed E-state index contributed by atoms with van der Waals surface area (Å²) >= 11 is 0. The molecule has 1 spiro atoms. The third kappa shape index (κ3) is 4.54. The van der Waals surface area contributed by atoms with E-state index in [4.69, 9.17) is 9.47 Å². The van der Waals surface area contributed by atoms with E-state index in [0.717, 1.165) is 0 Å². The van der Waals surface area contributed by atoms with Gasteiger partial charge in [-0.15, -0.1) is 0 Å². The molecule has 3 rings (SSSR count). The Labute approximate surface area is 194 Å². The molecule has 8 nitrogen and oxygen atoms in total. The number of hydrogen-bond acceptors (Lipinski definition) is 8. The van der Waals surface area contributed by atoms with Crippen LogP contribution >= 0.6 is 0 Å². The van der Waals surface area contributed by atoms with Gasteiger partial charge >= 0.3 is 0 Å². The quantitative estimate of drug-likeness (QED) is 0.323. The van der Waals surface area contributed by atoms with Gasteiger partial charge in [0.2, 0.25) is 0 Å². The lowest BCUT2D eigenvalue weighted by atomic mass is 9.80. The molecule has 0 saturated carbocycles. The fourth-order valence-electron chi connectivity index (χ4n) is 5.11. The van der Waals surface area contributed by atoms with Gasteiger partial charge < -0.3 is 29.9 Å². The maximum absolute atomic E-state index is 13.7. The van der Waals surface area contributed by atoms with Crippen LogP contribution in [0.5, 0.6) is 11.5 Å². The fraction of sp³-hybridized carbons (Fsp3) is 0.680. The minimum atomic E-state index is -1.37. The molecule has 8 heteroatoms. The topological polar surface area (TPSA) is 137 Å². The van der Waals surface area contributed by atoms with Crippen LogP contribution in [-0.4, -0.2) is 62.2 Å². The first-order chi connectivity index (χ1) is 15.5. The van der Waals surface area contributed by atoms with E-state index in [1.807, 2.05) is 27.7 Å². The van der Waals surface area contributed by atoms with Gasteiger partial charge in [-0.25, -0.2) is 0 Å². The molecule has 2 aliphatic rings. The number of carbonyl (C=O) groups excluding carboxylic acids is 2. The van der Waals surface area contributed by atoms with Gasteiger partial charge in [0.25, 0.3) is 0 Å². The molecule has 2 saturated heterocycles.